The molecule has 1 aliphatic carbocycles. The Balaban J connectivity index is 1.67. The van der Waals surface area contributed by atoms with Crippen LogP contribution in [0.25, 0.3) is 0 Å². The van der Waals surface area contributed by atoms with Crippen LogP contribution in [-0.4, -0.2) is 38.0 Å². The first-order chi connectivity index (χ1) is 14.2. The lowest BCUT2D eigenvalue weighted by Crippen LogP contribution is -2.44. The molecule has 2 atom stereocenters. The molecule has 164 valence electrons. The van der Waals surface area contributed by atoms with Gasteiger partial charge in [0.15, 0.2) is 0 Å². The predicted octanol–water partition coefficient (Wildman–Crippen LogP) is 3.38. The van der Waals surface area contributed by atoms with Crippen molar-refractivity contribution >= 4 is 10.0 Å². The van der Waals surface area contributed by atoms with Crippen molar-refractivity contribution in [3.8, 4) is 0 Å². The van der Waals surface area contributed by atoms with Crippen LogP contribution in [0.5, 0.6) is 0 Å². The first-order valence-electron chi connectivity index (χ1n) is 10.6. The van der Waals surface area contributed by atoms with E-state index in [1.807, 2.05) is 12.1 Å². The lowest BCUT2D eigenvalue weighted by Gasteiger charge is -2.32. The topological polar surface area (TPSA) is 77.4 Å². The van der Waals surface area contributed by atoms with Crippen molar-refractivity contribution in [2.75, 3.05) is 12.9 Å². The van der Waals surface area contributed by atoms with E-state index in [1.165, 1.54) is 5.56 Å². The number of rotatable bonds is 8. The summed E-state index contributed by atoms with van der Waals surface area (Å²) in [6.07, 6.45) is 7.02. The summed E-state index contributed by atoms with van der Waals surface area (Å²) in [7, 11) is -3.40. The Kier molecular flexibility index (Phi) is 7.50. The molecule has 2 aromatic rings. The second-order valence-electron chi connectivity index (χ2n) is 8.37. The molecule has 1 N–H and O–H groups in total. The Morgan fingerprint density at radius 2 is 1.77 bits per heavy atom. The third-order valence-corrected chi connectivity index (χ3v) is 6.75. The number of pyridine rings is 1. The molecule has 1 fully saturated rings. The zero-order valence-electron chi connectivity index (χ0n) is 18.0. The molecule has 3 rings (SSSR count). The highest BCUT2D eigenvalue weighted by molar-refractivity contribution is 7.88. The zero-order chi connectivity index (χ0) is 21.7. The summed E-state index contributed by atoms with van der Waals surface area (Å²) in [6, 6.07) is 13.3. The van der Waals surface area contributed by atoms with Gasteiger partial charge in [0.05, 0.1) is 25.0 Å². The monoisotopic (exact) mass is 432 g/mol. The van der Waals surface area contributed by atoms with Crippen LogP contribution in [0.4, 0.5) is 0 Å². The highest BCUT2D eigenvalue weighted by atomic mass is 32.2. The van der Waals surface area contributed by atoms with Gasteiger partial charge in [-0.2, -0.15) is 0 Å². The molecule has 0 amide bonds. The molecular formula is C23H32N2O4S. The van der Waals surface area contributed by atoms with Crippen LogP contribution in [0, 0.1) is 6.92 Å². The van der Waals surface area contributed by atoms with Gasteiger partial charge in [-0.25, -0.2) is 13.1 Å². The SMILES string of the molecule is Cc1cccn([C@H](COC2CCC(c3ccccc3)CC2)[C@H](C)NS(C)(=O)=O)c1=O. The largest absolute Gasteiger partial charge is 0.376 e. The fraction of sp³-hybridized carbons (Fsp3) is 0.522. The van der Waals surface area contributed by atoms with Crippen molar-refractivity contribution in [3.05, 3.63) is 70.1 Å². The second kappa shape index (κ2) is 9.90. The van der Waals surface area contributed by atoms with Gasteiger partial charge in [0.2, 0.25) is 10.0 Å². The maximum Gasteiger partial charge on any atom is 0.253 e. The molecule has 0 spiro atoms. The van der Waals surface area contributed by atoms with E-state index >= 15 is 0 Å². The highest BCUT2D eigenvalue weighted by Crippen LogP contribution is 2.34. The van der Waals surface area contributed by atoms with E-state index in [1.54, 1.807) is 30.7 Å². The summed E-state index contributed by atoms with van der Waals surface area (Å²) in [6.45, 7) is 3.82. The lowest BCUT2D eigenvalue weighted by atomic mass is 9.83. The van der Waals surface area contributed by atoms with Crippen LogP contribution in [0.3, 0.4) is 0 Å². The third-order valence-electron chi connectivity index (χ3n) is 5.95. The zero-order valence-corrected chi connectivity index (χ0v) is 18.8. The van der Waals surface area contributed by atoms with Gasteiger partial charge in [-0.05, 0) is 57.1 Å². The van der Waals surface area contributed by atoms with Crippen molar-refractivity contribution < 1.29 is 13.2 Å². The minimum atomic E-state index is -3.40. The normalized spacial score (nSPS) is 21.8. The minimum absolute atomic E-state index is 0.124. The molecule has 6 nitrogen and oxygen atoms in total. The summed E-state index contributed by atoms with van der Waals surface area (Å²) in [5, 5.41) is 0. The molecule has 7 heteroatoms. The van der Waals surface area contributed by atoms with E-state index in [9.17, 15) is 13.2 Å². The first kappa shape index (κ1) is 22.7. The summed E-state index contributed by atoms with van der Waals surface area (Å²) in [4.78, 5) is 12.7. The molecule has 0 saturated heterocycles. The van der Waals surface area contributed by atoms with E-state index in [2.05, 4.69) is 29.0 Å². The molecule has 1 aromatic carbocycles. The summed E-state index contributed by atoms with van der Waals surface area (Å²) >= 11 is 0. The number of ether oxygens (including phenoxy) is 1. The number of nitrogens with one attached hydrogen (secondary N) is 1. The molecule has 0 radical (unpaired) electrons. The van der Waals surface area contributed by atoms with Crippen LogP contribution in [-0.2, 0) is 14.8 Å². The van der Waals surface area contributed by atoms with Gasteiger partial charge in [0.1, 0.15) is 0 Å². The number of hydrogen-bond acceptors (Lipinski definition) is 4. The quantitative estimate of drug-likeness (QED) is 0.694. The average Bonchev–Trinajstić information content (AvgIpc) is 2.71. The molecule has 1 heterocycles. The Bertz CT molecular complexity index is 980. The minimum Gasteiger partial charge on any atom is -0.376 e. The van der Waals surface area contributed by atoms with Crippen molar-refractivity contribution in [1.82, 2.24) is 9.29 Å². The number of sulfonamides is 1. The van der Waals surface area contributed by atoms with Crippen molar-refractivity contribution in [1.29, 1.82) is 0 Å². The Labute approximate surface area is 179 Å². The van der Waals surface area contributed by atoms with Gasteiger partial charge in [-0.1, -0.05) is 36.4 Å². The maximum absolute atomic E-state index is 12.7. The fourth-order valence-corrected chi connectivity index (χ4v) is 5.12. The Hall–Kier alpha value is -1.96. The summed E-state index contributed by atoms with van der Waals surface area (Å²) in [5.41, 5.74) is 1.88. The third kappa shape index (κ3) is 6.03. The molecule has 1 aliphatic rings. The van der Waals surface area contributed by atoms with Gasteiger partial charge >= 0.3 is 0 Å². The van der Waals surface area contributed by atoms with Gasteiger partial charge < -0.3 is 9.30 Å². The van der Waals surface area contributed by atoms with Crippen LogP contribution in [0.2, 0.25) is 0 Å². The summed E-state index contributed by atoms with van der Waals surface area (Å²) < 4.78 is 34.0. The summed E-state index contributed by atoms with van der Waals surface area (Å²) in [5.74, 6) is 0.562. The average molecular weight is 433 g/mol. The smallest absolute Gasteiger partial charge is 0.253 e. The highest BCUT2D eigenvalue weighted by Gasteiger charge is 2.27. The molecule has 1 saturated carbocycles. The van der Waals surface area contributed by atoms with Gasteiger partial charge in [0.25, 0.3) is 5.56 Å². The molecule has 0 unspecified atom stereocenters. The van der Waals surface area contributed by atoms with Crippen LogP contribution < -0.4 is 10.3 Å². The van der Waals surface area contributed by atoms with E-state index in [0.29, 0.717) is 11.5 Å². The standard InChI is InChI=1S/C23H32N2O4S/c1-17-8-7-15-25(23(17)26)22(18(2)24-30(3,27)28)16-29-21-13-11-20(12-14-21)19-9-5-4-6-10-19/h4-10,15,18,20-22,24H,11-14,16H2,1-3H3/t18-,20?,21?,22+/m0/s1. The van der Waals surface area contributed by atoms with E-state index in [4.69, 9.17) is 4.74 Å². The molecular weight excluding hydrogens is 400 g/mol. The number of benzene rings is 1. The number of aromatic nitrogens is 1. The Morgan fingerprint density at radius 1 is 1.10 bits per heavy atom. The van der Waals surface area contributed by atoms with Crippen molar-refractivity contribution in [2.24, 2.45) is 0 Å². The first-order valence-corrected chi connectivity index (χ1v) is 12.5. The van der Waals surface area contributed by atoms with E-state index in [0.717, 1.165) is 31.9 Å². The molecule has 0 bridgehead atoms. The van der Waals surface area contributed by atoms with Crippen LogP contribution in [0.15, 0.2) is 53.5 Å². The lowest BCUT2D eigenvalue weighted by molar-refractivity contribution is 0.00239. The predicted molar refractivity (Wildman–Crippen MR) is 119 cm³/mol. The van der Waals surface area contributed by atoms with E-state index < -0.39 is 22.1 Å². The number of aryl methyl sites for hydroxylation is 1. The van der Waals surface area contributed by atoms with Gasteiger partial charge in [-0.15, -0.1) is 0 Å². The molecule has 0 aliphatic heterocycles. The molecule has 30 heavy (non-hydrogen) atoms. The number of nitrogens with zero attached hydrogens (tertiary/aromatic N) is 1. The van der Waals surface area contributed by atoms with Gasteiger partial charge in [-0.3, -0.25) is 4.79 Å². The number of hydrogen-bond donors (Lipinski definition) is 1. The Morgan fingerprint density at radius 3 is 2.40 bits per heavy atom. The maximum atomic E-state index is 12.7. The van der Waals surface area contributed by atoms with Crippen molar-refractivity contribution in [2.45, 2.75) is 63.6 Å². The molecule has 1 aromatic heterocycles. The van der Waals surface area contributed by atoms with E-state index in [-0.39, 0.29) is 18.3 Å². The van der Waals surface area contributed by atoms with Crippen LogP contribution in [0.1, 0.15) is 55.7 Å². The fourth-order valence-electron chi connectivity index (χ4n) is 4.29. The van der Waals surface area contributed by atoms with Crippen molar-refractivity contribution in [3.63, 3.8) is 0 Å². The van der Waals surface area contributed by atoms with Gasteiger partial charge in [0, 0.05) is 17.8 Å². The van der Waals surface area contributed by atoms with Crippen LogP contribution >= 0.6 is 0 Å². The second-order valence-corrected chi connectivity index (χ2v) is 10.1.